The summed E-state index contributed by atoms with van der Waals surface area (Å²) in [6, 6.07) is 13.1. The molecular formula is C24H30N6O. The number of fused-ring (bicyclic) bond motifs is 2. The van der Waals surface area contributed by atoms with E-state index in [4.69, 9.17) is 5.73 Å². The molecule has 1 fully saturated rings. The van der Waals surface area contributed by atoms with Crippen LogP contribution in [0.2, 0.25) is 0 Å². The van der Waals surface area contributed by atoms with Crippen molar-refractivity contribution in [2.45, 2.75) is 45.6 Å². The van der Waals surface area contributed by atoms with E-state index in [-0.39, 0.29) is 11.5 Å². The number of aromatic nitrogens is 3. The van der Waals surface area contributed by atoms with Crippen LogP contribution >= 0.6 is 0 Å². The number of hydrogen-bond acceptors (Lipinski definition) is 6. The predicted octanol–water partition coefficient (Wildman–Crippen LogP) is 3.39. The number of benzene rings is 1. The maximum atomic E-state index is 12.1. The summed E-state index contributed by atoms with van der Waals surface area (Å²) < 4.78 is 1.62. The first-order valence-corrected chi connectivity index (χ1v) is 11.0. The number of hydrogen-bond donors (Lipinski definition) is 2. The smallest absolute Gasteiger partial charge is 0.252 e. The van der Waals surface area contributed by atoms with E-state index in [1.807, 2.05) is 37.3 Å². The highest BCUT2D eigenvalue weighted by Gasteiger charge is 2.14. The van der Waals surface area contributed by atoms with Gasteiger partial charge in [0.05, 0.1) is 12.2 Å². The number of allylic oxidation sites excluding steroid dienone is 2. The third-order valence-electron chi connectivity index (χ3n) is 5.71. The second-order valence-electron chi connectivity index (χ2n) is 8.00. The van der Waals surface area contributed by atoms with Crippen molar-refractivity contribution in [2.24, 2.45) is 0 Å². The van der Waals surface area contributed by atoms with Crippen LogP contribution in [-0.2, 0) is 6.54 Å². The van der Waals surface area contributed by atoms with Crippen LogP contribution in [0.1, 0.15) is 43.4 Å². The molecule has 31 heavy (non-hydrogen) atoms. The molecule has 1 saturated heterocycles. The number of nitrogen functional groups attached to an aromatic ring is 1. The summed E-state index contributed by atoms with van der Waals surface area (Å²) in [5, 5.41) is 3.19. The van der Waals surface area contributed by atoms with Gasteiger partial charge in [-0.2, -0.15) is 4.98 Å². The van der Waals surface area contributed by atoms with E-state index < -0.39 is 0 Å². The lowest BCUT2D eigenvalue weighted by Gasteiger charge is -2.28. The molecule has 4 heterocycles. The third kappa shape index (κ3) is 5.11. The number of nitrogens with zero attached hydrogens (tertiary/aromatic N) is 4. The van der Waals surface area contributed by atoms with Crippen LogP contribution in [-0.4, -0.2) is 32.6 Å². The van der Waals surface area contributed by atoms with Gasteiger partial charge in [-0.05, 0) is 50.7 Å². The third-order valence-corrected chi connectivity index (χ3v) is 5.71. The molecule has 0 radical (unpaired) electrons. The van der Waals surface area contributed by atoms with Crippen LogP contribution in [0, 0.1) is 6.92 Å². The summed E-state index contributed by atoms with van der Waals surface area (Å²) in [5.41, 5.74) is 13.0. The van der Waals surface area contributed by atoms with Crippen LogP contribution in [0.4, 0.5) is 5.95 Å². The monoisotopic (exact) mass is 418 g/mol. The molecule has 7 heteroatoms. The Kier molecular flexibility index (Phi) is 6.62. The maximum absolute atomic E-state index is 12.1. The van der Waals surface area contributed by atoms with Gasteiger partial charge in [0.15, 0.2) is 0 Å². The van der Waals surface area contributed by atoms with E-state index in [1.54, 1.807) is 10.6 Å². The van der Waals surface area contributed by atoms with Crippen molar-refractivity contribution in [3.05, 3.63) is 75.8 Å². The van der Waals surface area contributed by atoms with E-state index in [0.29, 0.717) is 12.2 Å². The first kappa shape index (κ1) is 21.1. The van der Waals surface area contributed by atoms with Crippen molar-refractivity contribution in [3.8, 4) is 0 Å². The molecule has 7 nitrogen and oxygen atoms in total. The Morgan fingerprint density at radius 1 is 1.06 bits per heavy atom. The van der Waals surface area contributed by atoms with E-state index in [9.17, 15) is 4.79 Å². The molecular weight excluding hydrogens is 388 g/mol. The molecule has 1 aromatic carbocycles. The second kappa shape index (κ2) is 9.75. The average molecular weight is 419 g/mol. The number of rotatable bonds is 2. The van der Waals surface area contributed by atoms with Crippen molar-refractivity contribution in [2.75, 3.05) is 18.8 Å². The summed E-state index contributed by atoms with van der Waals surface area (Å²) in [4.78, 5) is 20.5. The quantitative estimate of drug-likeness (QED) is 0.663. The largest absolute Gasteiger partial charge is 0.368 e. The highest BCUT2D eigenvalue weighted by Crippen LogP contribution is 2.20. The first-order chi connectivity index (χ1) is 15.1. The number of nitrogens with two attached hydrogens (primary N) is 1. The van der Waals surface area contributed by atoms with Crippen LogP contribution < -0.4 is 16.7 Å². The van der Waals surface area contributed by atoms with E-state index in [1.165, 1.54) is 50.4 Å². The molecule has 162 valence electrons. The van der Waals surface area contributed by atoms with Crippen molar-refractivity contribution >= 4 is 17.0 Å². The Bertz CT molecular complexity index is 1120. The van der Waals surface area contributed by atoms with Gasteiger partial charge in [0, 0.05) is 30.2 Å². The van der Waals surface area contributed by atoms with Gasteiger partial charge in [-0.15, -0.1) is 0 Å². The minimum Gasteiger partial charge on any atom is -0.368 e. The Hall–Kier alpha value is -3.19. The van der Waals surface area contributed by atoms with Gasteiger partial charge in [-0.1, -0.05) is 36.4 Å². The lowest BCUT2D eigenvalue weighted by Crippen LogP contribution is -2.38. The Labute approximate surface area is 182 Å². The minimum absolute atomic E-state index is 0.0983. The zero-order chi connectivity index (χ0) is 21.6. The summed E-state index contributed by atoms with van der Waals surface area (Å²) in [5.74, 6) is 0.183. The molecule has 0 unspecified atom stereocenters. The van der Waals surface area contributed by atoms with Gasteiger partial charge in [-0.25, -0.2) is 10.4 Å². The normalized spacial score (nSPS) is 16.0. The van der Waals surface area contributed by atoms with Crippen molar-refractivity contribution in [1.29, 1.82) is 0 Å². The van der Waals surface area contributed by atoms with Gasteiger partial charge in [0.2, 0.25) is 5.95 Å². The summed E-state index contributed by atoms with van der Waals surface area (Å²) >= 11 is 0. The molecule has 0 amide bonds. The molecule has 0 spiro atoms. The second-order valence-corrected chi connectivity index (χ2v) is 8.00. The SMILES string of the molecule is C1=C2CCCCNN2CCC1.Cc1nc(N)nc2c1ccc(=O)n2Cc1ccccc1. The minimum atomic E-state index is -0.0983. The Balaban J connectivity index is 0.000000177. The lowest BCUT2D eigenvalue weighted by atomic mass is 10.1. The van der Waals surface area contributed by atoms with Crippen LogP contribution in [0.15, 0.2) is 59.0 Å². The molecule has 0 bridgehead atoms. The summed E-state index contributed by atoms with van der Waals surface area (Å²) in [7, 11) is 0. The van der Waals surface area contributed by atoms with Crippen LogP contribution in [0.3, 0.4) is 0 Å². The number of hydrazine groups is 1. The van der Waals surface area contributed by atoms with Crippen molar-refractivity contribution in [3.63, 3.8) is 0 Å². The standard InChI is InChI=1S/C15H14N4O.C9H16N2/c1-10-12-7-8-13(20)19(14(12)18-15(16)17-10)9-11-5-3-2-4-6-11;1-3-7-10-11-8-4-2-6-9(11)5-1/h2-8H,9H2,1H3,(H2,16,17,18);6,10H,1-5,7-8H2. The molecule has 0 aliphatic carbocycles. The molecule has 5 rings (SSSR count). The molecule has 0 saturated carbocycles. The highest BCUT2D eigenvalue weighted by molar-refractivity contribution is 5.78. The van der Waals surface area contributed by atoms with Gasteiger partial charge >= 0.3 is 0 Å². The van der Waals surface area contributed by atoms with Gasteiger partial charge in [0.25, 0.3) is 5.56 Å². The van der Waals surface area contributed by atoms with Gasteiger partial charge in [0.1, 0.15) is 5.65 Å². The fourth-order valence-corrected chi connectivity index (χ4v) is 4.09. The maximum Gasteiger partial charge on any atom is 0.252 e. The summed E-state index contributed by atoms with van der Waals surface area (Å²) in [6.07, 6.45) is 8.96. The Morgan fingerprint density at radius 2 is 1.90 bits per heavy atom. The lowest BCUT2D eigenvalue weighted by molar-refractivity contribution is 0.237. The number of aryl methyl sites for hydroxylation is 1. The van der Waals surface area contributed by atoms with Gasteiger partial charge in [-0.3, -0.25) is 9.36 Å². The summed E-state index contributed by atoms with van der Waals surface area (Å²) in [6.45, 7) is 4.70. The first-order valence-electron chi connectivity index (χ1n) is 11.0. The van der Waals surface area contributed by atoms with Crippen molar-refractivity contribution < 1.29 is 0 Å². The Morgan fingerprint density at radius 3 is 2.74 bits per heavy atom. The van der Waals surface area contributed by atoms with E-state index in [0.717, 1.165) is 23.2 Å². The zero-order valence-corrected chi connectivity index (χ0v) is 18.1. The topological polar surface area (TPSA) is 89.1 Å². The fourth-order valence-electron chi connectivity index (χ4n) is 4.09. The van der Waals surface area contributed by atoms with Crippen LogP contribution in [0.25, 0.3) is 11.0 Å². The predicted molar refractivity (Wildman–Crippen MR) is 124 cm³/mol. The zero-order valence-electron chi connectivity index (χ0n) is 18.1. The van der Waals surface area contributed by atoms with Gasteiger partial charge < -0.3 is 10.7 Å². The molecule has 3 aromatic rings. The van der Waals surface area contributed by atoms with E-state index >= 15 is 0 Å². The molecule has 3 N–H and O–H groups in total. The number of anilines is 1. The molecule has 2 aliphatic heterocycles. The fraction of sp³-hybridized carbons (Fsp3) is 0.375. The highest BCUT2D eigenvalue weighted by atomic mass is 16.1. The molecule has 2 aromatic heterocycles. The van der Waals surface area contributed by atoms with Crippen LogP contribution in [0.5, 0.6) is 0 Å². The van der Waals surface area contributed by atoms with E-state index in [2.05, 4.69) is 26.5 Å². The van der Waals surface area contributed by atoms with Crippen molar-refractivity contribution in [1.82, 2.24) is 25.0 Å². The molecule has 2 aliphatic rings. The molecule has 0 atom stereocenters. The number of nitrogens with one attached hydrogen (secondary N) is 1. The number of pyridine rings is 1. The average Bonchev–Trinajstić information content (AvgIpc) is 3.02.